The van der Waals surface area contributed by atoms with Gasteiger partial charge >= 0.3 is 0 Å². The van der Waals surface area contributed by atoms with Crippen LogP contribution in [-0.2, 0) is 13.0 Å². The molecule has 2 aromatic rings. The molecule has 0 saturated carbocycles. The van der Waals surface area contributed by atoms with Crippen LogP contribution in [0.1, 0.15) is 18.1 Å². The molecule has 25 heavy (non-hydrogen) atoms. The molecule has 0 saturated heterocycles. The normalized spacial score (nSPS) is 10.8. The highest BCUT2D eigenvalue weighted by molar-refractivity contribution is 14.0. The van der Waals surface area contributed by atoms with Crippen molar-refractivity contribution < 1.29 is 9.13 Å². The Morgan fingerprint density at radius 1 is 1.08 bits per heavy atom. The number of aliphatic imine (C=N–C) groups is 1. The van der Waals surface area contributed by atoms with Crippen molar-refractivity contribution >= 4 is 29.9 Å². The number of nitrogens with zero attached hydrogens (tertiary/aromatic N) is 1. The van der Waals surface area contributed by atoms with Gasteiger partial charge in [-0.05, 0) is 48.7 Å². The number of rotatable bonds is 7. The van der Waals surface area contributed by atoms with Crippen LogP contribution in [0.25, 0.3) is 0 Å². The molecule has 0 aliphatic heterocycles. The summed E-state index contributed by atoms with van der Waals surface area (Å²) in [6.07, 6.45) is 0.883. The van der Waals surface area contributed by atoms with Crippen LogP contribution >= 0.6 is 24.0 Å². The first-order valence-corrected chi connectivity index (χ1v) is 8.11. The van der Waals surface area contributed by atoms with Gasteiger partial charge in [-0.25, -0.2) is 9.38 Å². The van der Waals surface area contributed by atoms with Gasteiger partial charge in [0.25, 0.3) is 0 Å². The summed E-state index contributed by atoms with van der Waals surface area (Å²) in [7, 11) is 1.66. The average Bonchev–Trinajstić information content (AvgIpc) is 2.60. The second-order valence-corrected chi connectivity index (χ2v) is 5.35. The zero-order valence-corrected chi connectivity index (χ0v) is 16.9. The van der Waals surface area contributed by atoms with Gasteiger partial charge in [0, 0.05) is 13.1 Å². The quantitative estimate of drug-likeness (QED) is 0.378. The van der Waals surface area contributed by atoms with Gasteiger partial charge in [0.2, 0.25) is 0 Å². The molecule has 0 radical (unpaired) electrons. The second kappa shape index (κ2) is 11.7. The molecular formula is C19H25FIN3O. The fourth-order valence-electron chi connectivity index (χ4n) is 2.26. The summed E-state index contributed by atoms with van der Waals surface area (Å²) in [5.74, 6) is 1.35. The topological polar surface area (TPSA) is 45.7 Å². The van der Waals surface area contributed by atoms with E-state index in [1.165, 1.54) is 17.7 Å². The van der Waals surface area contributed by atoms with Crippen LogP contribution < -0.4 is 15.4 Å². The van der Waals surface area contributed by atoms with Crippen molar-refractivity contribution in [1.82, 2.24) is 10.6 Å². The van der Waals surface area contributed by atoms with Crippen LogP contribution in [0.2, 0.25) is 0 Å². The largest absolute Gasteiger partial charge is 0.497 e. The number of ether oxygens (including phenoxy) is 1. The Labute approximate surface area is 165 Å². The molecule has 0 unspecified atom stereocenters. The van der Waals surface area contributed by atoms with Crippen LogP contribution in [0, 0.1) is 5.82 Å². The van der Waals surface area contributed by atoms with Gasteiger partial charge in [0.05, 0.1) is 13.7 Å². The first kappa shape index (κ1) is 21.2. The standard InChI is InChI=1S/C19H24FN3O.HI/c1-3-21-19(23-14-16-5-4-6-17(20)13-16)22-12-11-15-7-9-18(24-2)10-8-15;/h4-10,13H,3,11-12,14H2,1-2H3,(H2,21,22,23);1H. The maximum atomic E-state index is 13.2. The first-order valence-electron chi connectivity index (χ1n) is 8.11. The Kier molecular flexibility index (Phi) is 9.91. The third kappa shape index (κ3) is 7.72. The van der Waals surface area contributed by atoms with Crippen LogP contribution in [0.5, 0.6) is 5.75 Å². The molecule has 0 bridgehead atoms. The molecule has 0 spiro atoms. The highest BCUT2D eigenvalue weighted by Crippen LogP contribution is 2.11. The molecule has 0 aliphatic rings. The van der Waals surface area contributed by atoms with E-state index in [0.717, 1.165) is 36.8 Å². The lowest BCUT2D eigenvalue weighted by Crippen LogP contribution is -2.38. The van der Waals surface area contributed by atoms with E-state index in [1.807, 2.05) is 25.1 Å². The zero-order chi connectivity index (χ0) is 17.2. The maximum Gasteiger partial charge on any atom is 0.191 e. The summed E-state index contributed by atoms with van der Waals surface area (Å²) in [5, 5.41) is 6.49. The molecule has 2 N–H and O–H groups in total. The van der Waals surface area contributed by atoms with Gasteiger partial charge in [-0.2, -0.15) is 0 Å². The van der Waals surface area contributed by atoms with Gasteiger partial charge in [-0.1, -0.05) is 24.3 Å². The van der Waals surface area contributed by atoms with Crippen molar-refractivity contribution in [2.75, 3.05) is 20.2 Å². The van der Waals surface area contributed by atoms with E-state index in [-0.39, 0.29) is 29.8 Å². The van der Waals surface area contributed by atoms with E-state index < -0.39 is 0 Å². The van der Waals surface area contributed by atoms with Crippen molar-refractivity contribution in [3.8, 4) is 5.75 Å². The second-order valence-electron chi connectivity index (χ2n) is 5.35. The van der Waals surface area contributed by atoms with Gasteiger partial charge in [0.15, 0.2) is 5.96 Å². The van der Waals surface area contributed by atoms with E-state index in [2.05, 4.69) is 27.8 Å². The van der Waals surface area contributed by atoms with Crippen molar-refractivity contribution in [3.05, 3.63) is 65.5 Å². The highest BCUT2D eigenvalue weighted by atomic mass is 127. The fourth-order valence-corrected chi connectivity index (χ4v) is 2.26. The zero-order valence-electron chi connectivity index (χ0n) is 14.6. The minimum absolute atomic E-state index is 0. The van der Waals surface area contributed by atoms with E-state index in [0.29, 0.717) is 6.54 Å². The van der Waals surface area contributed by atoms with Crippen LogP contribution in [0.15, 0.2) is 53.5 Å². The van der Waals surface area contributed by atoms with E-state index in [1.54, 1.807) is 13.2 Å². The number of halogens is 2. The molecule has 136 valence electrons. The Morgan fingerprint density at radius 2 is 1.84 bits per heavy atom. The molecule has 2 rings (SSSR count). The predicted octanol–water partition coefficient (Wildman–Crippen LogP) is 3.75. The molecule has 2 aromatic carbocycles. The summed E-state index contributed by atoms with van der Waals surface area (Å²) in [4.78, 5) is 4.49. The SMILES string of the molecule is CCNC(=NCc1cccc(F)c1)NCCc1ccc(OC)cc1.I. The smallest absolute Gasteiger partial charge is 0.191 e. The molecular weight excluding hydrogens is 432 g/mol. The number of hydrogen-bond acceptors (Lipinski definition) is 2. The van der Waals surface area contributed by atoms with Crippen molar-refractivity contribution in [2.24, 2.45) is 4.99 Å². The monoisotopic (exact) mass is 457 g/mol. The lowest BCUT2D eigenvalue weighted by Gasteiger charge is -2.11. The molecule has 0 aromatic heterocycles. The third-order valence-corrected chi connectivity index (χ3v) is 3.52. The van der Waals surface area contributed by atoms with Crippen molar-refractivity contribution in [3.63, 3.8) is 0 Å². The Morgan fingerprint density at radius 3 is 2.48 bits per heavy atom. The molecule has 0 aliphatic carbocycles. The minimum Gasteiger partial charge on any atom is -0.497 e. The molecule has 4 nitrogen and oxygen atoms in total. The van der Waals surface area contributed by atoms with Gasteiger partial charge in [-0.15, -0.1) is 24.0 Å². The summed E-state index contributed by atoms with van der Waals surface area (Å²) in [6, 6.07) is 14.5. The summed E-state index contributed by atoms with van der Waals surface area (Å²) >= 11 is 0. The number of nitrogens with one attached hydrogen (secondary N) is 2. The molecule has 0 heterocycles. The van der Waals surface area contributed by atoms with Crippen LogP contribution in [0.4, 0.5) is 4.39 Å². The molecule has 0 atom stereocenters. The summed E-state index contributed by atoms with van der Waals surface area (Å²) < 4.78 is 18.4. The molecule has 0 amide bonds. The van der Waals surface area contributed by atoms with Crippen LogP contribution in [-0.4, -0.2) is 26.2 Å². The lowest BCUT2D eigenvalue weighted by molar-refractivity contribution is 0.414. The number of benzene rings is 2. The molecule has 6 heteroatoms. The Balaban J connectivity index is 0.00000312. The van der Waals surface area contributed by atoms with Gasteiger partial charge in [-0.3, -0.25) is 0 Å². The van der Waals surface area contributed by atoms with E-state index in [9.17, 15) is 4.39 Å². The number of guanidine groups is 1. The van der Waals surface area contributed by atoms with Crippen molar-refractivity contribution in [1.29, 1.82) is 0 Å². The van der Waals surface area contributed by atoms with Crippen LogP contribution in [0.3, 0.4) is 0 Å². The predicted molar refractivity (Wildman–Crippen MR) is 111 cm³/mol. The number of methoxy groups -OCH3 is 1. The average molecular weight is 457 g/mol. The first-order chi connectivity index (χ1) is 11.7. The Bertz CT molecular complexity index is 662. The summed E-state index contributed by atoms with van der Waals surface area (Å²) in [5.41, 5.74) is 2.08. The van der Waals surface area contributed by atoms with E-state index >= 15 is 0 Å². The highest BCUT2D eigenvalue weighted by Gasteiger charge is 2.00. The van der Waals surface area contributed by atoms with Gasteiger partial charge < -0.3 is 15.4 Å². The Hall–Kier alpha value is -1.83. The number of hydrogen-bond donors (Lipinski definition) is 2. The van der Waals surface area contributed by atoms with E-state index in [4.69, 9.17) is 4.74 Å². The van der Waals surface area contributed by atoms with Crippen molar-refractivity contribution in [2.45, 2.75) is 19.9 Å². The molecule has 0 fully saturated rings. The van der Waals surface area contributed by atoms with Gasteiger partial charge in [0.1, 0.15) is 11.6 Å². The lowest BCUT2D eigenvalue weighted by atomic mass is 10.1. The minimum atomic E-state index is -0.236. The fraction of sp³-hybridized carbons (Fsp3) is 0.316. The third-order valence-electron chi connectivity index (χ3n) is 3.52. The summed E-state index contributed by atoms with van der Waals surface area (Å²) in [6.45, 7) is 4.00. The maximum absolute atomic E-state index is 13.2.